The van der Waals surface area contributed by atoms with Crippen LogP contribution in [0, 0.1) is 11.8 Å². The number of ether oxygens (including phenoxy) is 2. The molecule has 0 radical (unpaired) electrons. The van der Waals surface area contributed by atoms with Crippen LogP contribution in [-0.2, 0) is 14.3 Å². The second-order valence-corrected chi connectivity index (χ2v) is 3.98. The molecule has 0 bridgehead atoms. The van der Waals surface area contributed by atoms with Gasteiger partial charge in [-0.15, -0.1) is 0 Å². The van der Waals surface area contributed by atoms with Crippen molar-refractivity contribution in [3.8, 4) is 0 Å². The summed E-state index contributed by atoms with van der Waals surface area (Å²) in [6.07, 6.45) is 2.22. The fourth-order valence-electron chi connectivity index (χ4n) is 1.57. The highest BCUT2D eigenvalue weighted by atomic mass is 16.7. The van der Waals surface area contributed by atoms with E-state index in [1.807, 2.05) is 13.8 Å². The normalized spacial score (nSPS) is 13.5. The Kier molecular flexibility index (Phi) is 8.62. The van der Waals surface area contributed by atoms with E-state index >= 15 is 0 Å². The molecule has 0 amide bonds. The maximum atomic E-state index is 10.5. The Bertz CT molecular complexity index is 151. The van der Waals surface area contributed by atoms with Crippen LogP contribution in [-0.4, -0.2) is 25.8 Å². The Morgan fingerprint density at radius 2 is 1.67 bits per heavy atom. The van der Waals surface area contributed by atoms with Crippen LogP contribution in [0.5, 0.6) is 0 Å². The quantitative estimate of drug-likeness (QED) is 0.439. The number of hydrogen-bond acceptors (Lipinski definition) is 3. The Balaban J connectivity index is 4.11. The SMILES string of the molecule is CCOC(CC(CC=O)C(C)C)OCC. The number of aldehydes is 1. The lowest BCUT2D eigenvalue weighted by molar-refractivity contribution is -0.149. The number of carbonyl (C=O) groups is 1. The van der Waals surface area contributed by atoms with Crippen molar-refractivity contribution in [3.63, 3.8) is 0 Å². The first-order valence-corrected chi connectivity index (χ1v) is 5.82. The minimum Gasteiger partial charge on any atom is -0.353 e. The predicted molar refractivity (Wildman–Crippen MR) is 60.7 cm³/mol. The van der Waals surface area contributed by atoms with Gasteiger partial charge in [0.2, 0.25) is 0 Å². The van der Waals surface area contributed by atoms with Gasteiger partial charge in [0.15, 0.2) is 6.29 Å². The molecule has 90 valence electrons. The summed E-state index contributed by atoms with van der Waals surface area (Å²) in [5, 5.41) is 0. The third-order valence-electron chi connectivity index (χ3n) is 2.54. The van der Waals surface area contributed by atoms with Gasteiger partial charge in [0, 0.05) is 26.1 Å². The molecule has 0 aromatic heterocycles. The summed E-state index contributed by atoms with van der Waals surface area (Å²) >= 11 is 0. The Morgan fingerprint density at radius 1 is 1.13 bits per heavy atom. The van der Waals surface area contributed by atoms with Gasteiger partial charge >= 0.3 is 0 Å². The smallest absolute Gasteiger partial charge is 0.157 e. The molecule has 0 aromatic carbocycles. The zero-order valence-corrected chi connectivity index (χ0v) is 10.4. The molecule has 15 heavy (non-hydrogen) atoms. The second kappa shape index (κ2) is 8.86. The fraction of sp³-hybridized carbons (Fsp3) is 0.917. The maximum absolute atomic E-state index is 10.5. The van der Waals surface area contributed by atoms with E-state index in [0.29, 0.717) is 31.5 Å². The van der Waals surface area contributed by atoms with Crippen LogP contribution in [0.1, 0.15) is 40.5 Å². The number of hydrogen-bond donors (Lipinski definition) is 0. The summed E-state index contributed by atoms with van der Waals surface area (Å²) < 4.78 is 10.9. The Labute approximate surface area is 93.1 Å². The van der Waals surface area contributed by atoms with Crippen molar-refractivity contribution in [2.75, 3.05) is 13.2 Å². The lowest BCUT2D eigenvalue weighted by Gasteiger charge is -2.24. The highest BCUT2D eigenvalue weighted by Crippen LogP contribution is 2.21. The van der Waals surface area contributed by atoms with Crippen LogP contribution in [0.2, 0.25) is 0 Å². The topological polar surface area (TPSA) is 35.5 Å². The van der Waals surface area contributed by atoms with Gasteiger partial charge in [-0.25, -0.2) is 0 Å². The van der Waals surface area contributed by atoms with Crippen molar-refractivity contribution in [2.45, 2.75) is 46.8 Å². The van der Waals surface area contributed by atoms with Crippen molar-refractivity contribution in [1.82, 2.24) is 0 Å². The van der Waals surface area contributed by atoms with Crippen molar-refractivity contribution in [2.24, 2.45) is 11.8 Å². The van der Waals surface area contributed by atoms with E-state index in [1.165, 1.54) is 0 Å². The lowest BCUT2D eigenvalue weighted by atomic mass is 9.90. The van der Waals surface area contributed by atoms with Crippen LogP contribution >= 0.6 is 0 Å². The first-order chi connectivity index (χ1) is 7.15. The molecule has 0 N–H and O–H groups in total. The summed E-state index contributed by atoms with van der Waals surface area (Å²) in [4.78, 5) is 10.5. The average Bonchev–Trinajstić information content (AvgIpc) is 2.17. The zero-order chi connectivity index (χ0) is 11.7. The van der Waals surface area contributed by atoms with Crippen LogP contribution in [0.4, 0.5) is 0 Å². The minimum atomic E-state index is -0.160. The molecule has 1 unspecified atom stereocenters. The van der Waals surface area contributed by atoms with Crippen LogP contribution in [0.25, 0.3) is 0 Å². The van der Waals surface area contributed by atoms with Gasteiger partial charge in [0.05, 0.1) is 0 Å². The average molecular weight is 216 g/mol. The molecule has 0 saturated heterocycles. The third-order valence-corrected chi connectivity index (χ3v) is 2.54. The third kappa shape index (κ3) is 6.63. The molecule has 3 nitrogen and oxygen atoms in total. The van der Waals surface area contributed by atoms with Gasteiger partial charge in [-0.2, -0.15) is 0 Å². The molecule has 0 aliphatic carbocycles. The van der Waals surface area contributed by atoms with Crippen molar-refractivity contribution in [3.05, 3.63) is 0 Å². The molecule has 0 heterocycles. The molecule has 0 aliphatic heterocycles. The maximum Gasteiger partial charge on any atom is 0.157 e. The van der Waals surface area contributed by atoms with Crippen LogP contribution < -0.4 is 0 Å². The van der Waals surface area contributed by atoms with E-state index in [-0.39, 0.29) is 6.29 Å². The lowest BCUT2D eigenvalue weighted by Crippen LogP contribution is -2.24. The molecule has 0 aliphatic rings. The standard InChI is InChI=1S/C12H24O3/c1-5-14-12(15-6-2)9-11(7-8-13)10(3)4/h8,10-12H,5-7,9H2,1-4H3. The molecule has 0 aromatic rings. The zero-order valence-electron chi connectivity index (χ0n) is 10.4. The summed E-state index contributed by atoms with van der Waals surface area (Å²) in [5.74, 6) is 0.837. The van der Waals surface area contributed by atoms with E-state index in [2.05, 4.69) is 13.8 Å². The summed E-state index contributed by atoms with van der Waals surface area (Å²) in [7, 11) is 0. The van der Waals surface area contributed by atoms with Crippen LogP contribution in [0.3, 0.4) is 0 Å². The van der Waals surface area contributed by atoms with Crippen molar-refractivity contribution >= 4 is 6.29 Å². The van der Waals surface area contributed by atoms with Crippen LogP contribution in [0.15, 0.2) is 0 Å². The van der Waals surface area contributed by atoms with E-state index in [0.717, 1.165) is 12.7 Å². The molecule has 0 rings (SSSR count). The molecule has 0 saturated carbocycles. The molecule has 3 heteroatoms. The van der Waals surface area contributed by atoms with Gasteiger partial charge in [-0.1, -0.05) is 13.8 Å². The highest BCUT2D eigenvalue weighted by Gasteiger charge is 2.19. The summed E-state index contributed by atoms with van der Waals surface area (Å²) in [6.45, 7) is 9.46. The van der Waals surface area contributed by atoms with E-state index < -0.39 is 0 Å². The minimum absolute atomic E-state index is 0.160. The van der Waals surface area contributed by atoms with E-state index in [4.69, 9.17) is 9.47 Å². The number of carbonyl (C=O) groups excluding carboxylic acids is 1. The molecular formula is C12H24O3. The van der Waals surface area contributed by atoms with Gasteiger partial charge in [-0.05, 0) is 25.7 Å². The molecule has 0 spiro atoms. The fourth-order valence-corrected chi connectivity index (χ4v) is 1.57. The van der Waals surface area contributed by atoms with Gasteiger partial charge < -0.3 is 14.3 Å². The highest BCUT2D eigenvalue weighted by molar-refractivity contribution is 5.49. The van der Waals surface area contributed by atoms with Crippen molar-refractivity contribution < 1.29 is 14.3 Å². The first kappa shape index (κ1) is 14.6. The van der Waals surface area contributed by atoms with Gasteiger partial charge in [0.25, 0.3) is 0 Å². The van der Waals surface area contributed by atoms with Gasteiger partial charge in [-0.3, -0.25) is 0 Å². The first-order valence-electron chi connectivity index (χ1n) is 5.82. The van der Waals surface area contributed by atoms with E-state index in [1.54, 1.807) is 0 Å². The Morgan fingerprint density at radius 3 is 2.00 bits per heavy atom. The molecule has 0 fully saturated rings. The summed E-state index contributed by atoms with van der Waals surface area (Å²) in [6, 6.07) is 0. The monoisotopic (exact) mass is 216 g/mol. The Hall–Kier alpha value is -0.410. The predicted octanol–water partition coefficient (Wildman–Crippen LogP) is 2.64. The van der Waals surface area contributed by atoms with Gasteiger partial charge in [0.1, 0.15) is 6.29 Å². The largest absolute Gasteiger partial charge is 0.353 e. The summed E-state index contributed by atoms with van der Waals surface area (Å²) in [5.41, 5.74) is 0. The number of rotatable bonds is 9. The second-order valence-electron chi connectivity index (χ2n) is 3.98. The van der Waals surface area contributed by atoms with Crippen molar-refractivity contribution in [1.29, 1.82) is 0 Å². The molecule has 1 atom stereocenters. The van der Waals surface area contributed by atoms with E-state index in [9.17, 15) is 4.79 Å². The molecular weight excluding hydrogens is 192 g/mol.